The van der Waals surface area contributed by atoms with E-state index in [0.717, 1.165) is 24.5 Å². The topological polar surface area (TPSA) is 51.4 Å². The lowest BCUT2D eigenvalue weighted by atomic mass is 9.94. The summed E-state index contributed by atoms with van der Waals surface area (Å²) in [6, 6.07) is 21.5. The van der Waals surface area contributed by atoms with Gasteiger partial charge in [-0.2, -0.15) is 4.98 Å². The predicted octanol–water partition coefficient (Wildman–Crippen LogP) is 4.34. The summed E-state index contributed by atoms with van der Waals surface area (Å²) in [5.74, 6) is 2.51. The highest BCUT2D eigenvalue weighted by Crippen LogP contribution is 2.48. The molecule has 3 aromatic rings. The Hall–Kier alpha value is -2.66. The Kier molecular flexibility index (Phi) is 4.38. The number of hydrogen-bond acceptors (Lipinski definition) is 5. The van der Waals surface area contributed by atoms with Gasteiger partial charge in [0.15, 0.2) is 12.4 Å². The number of nitrogens with zero attached hydrogens (tertiary/aromatic N) is 3. The van der Waals surface area contributed by atoms with Crippen LogP contribution in [-0.2, 0) is 6.61 Å². The lowest BCUT2D eigenvalue weighted by Crippen LogP contribution is -2.27. The molecule has 5 rings (SSSR count). The summed E-state index contributed by atoms with van der Waals surface area (Å²) in [5, 5.41) is 4.31. The van der Waals surface area contributed by atoms with Crippen molar-refractivity contribution in [2.45, 2.75) is 43.9 Å². The highest BCUT2D eigenvalue weighted by Gasteiger charge is 2.46. The molecule has 0 spiro atoms. The number of rotatable bonds is 5. The largest absolute Gasteiger partial charge is 0.484 e. The minimum atomic E-state index is 0.306. The molecule has 2 fully saturated rings. The fourth-order valence-electron chi connectivity index (χ4n) is 4.59. The summed E-state index contributed by atoms with van der Waals surface area (Å²) in [5.41, 5.74) is 1.39. The number of benzene rings is 2. The SMILES string of the molecule is c1ccc(OCc2nc([C@@H]3C[C@H](c4ccccc4)N4CCC[C@@H]34)no2)cc1. The first-order valence-corrected chi connectivity index (χ1v) is 9.69. The van der Waals surface area contributed by atoms with Crippen LogP contribution in [0, 0.1) is 0 Å². The zero-order valence-corrected chi connectivity index (χ0v) is 15.2. The van der Waals surface area contributed by atoms with E-state index in [0.29, 0.717) is 30.5 Å². The maximum atomic E-state index is 5.74. The van der Waals surface area contributed by atoms with Crippen LogP contribution in [0.4, 0.5) is 0 Å². The molecule has 1 aromatic heterocycles. The zero-order valence-electron chi connectivity index (χ0n) is 15.2. The normalized spacial score (nSPS) is 24.8. The second-order valence-corrected chi connectivity index (χ2v) is 7.36. The van der Waals surface area contributed by atoms with Crippen molar-refractivity contribution in [3.8, 4) is 5.75 Å². The van der Waals surface area contributed by atoms with E-state index in [1.54, 1.807) is 0 Å². The zero-order chi connectivity index (χ0) is 18.1. The van der Waals surface area contributed by atoms with Crippen molar-refractivity contribution in [2.75, 3.05) is 6.54 Å². The van der Waals surface area contributed by atoms with Crippen LogP contribution >= 0.6 is 0 Å². The summed E-state index contributed by atoms with van der Waals surface area (Å²) in [6.45, 7) is 1.46. The molecule has 0 aliphatic carbocycles. The lowest BCUT2D eigenvalue weighted by molar-refractivity contribution is 0.239. The summed E-state index contributed by atoms with van der Waals surface area (Å²) in [6.07, 6.45) is 3.50. The molecule has 5 nitrogen and oxygen atoms in total. The van der Waals surface area contributed by atoms with Crippen molar-refractivity contribution in [3.63, 3.8) is 0 Å². The molecule has 2 aliphatic rings. The van der Waals surface area contributed by atoms with Gasteiger partial charge < -0.3 is 9.26 Å². The molecule has 3 atom stereocenters. The molecular formula is C22H23N3O2. The van der Waals surface area contributed by atoms with Crippen molar-refractivity contribution >= 4 is 0 Å². The van der Waals surface area contributed by atoms with Gasteiger partial charge in [-0.3, -0.25) is 4.90 Å². The summed E-state index contributed by atoms with van der Waals surface area (Å²) < 4.78 is 11.2. The van der Waals surface area contributed by atoms with E-state index in [1.165, 1.54) is 18.4 Å². The average Bonchev–Trinajstić information content (AvgIpc) is 3.44. The number of hydrogen-bond donors (Lipinski definition) is 0. The molecule has 3 heterocycles. The Morgan fingerprint density at radius 3 is 2.63 bits per heavy atom. The summed E-state index contributed by atoms with van der Waals surface area (Å²) >= 11 is 0. The first kappa shape index (κ1) is 16.5. The monoisotopic (exact) mass is 361 g/mol. The van der Waals surface area contributed by atoms with Crippen molar-refractivity contribution < 1.29 is 9.26 Å². The molecule has 27 heavy (non-hydrogen) atoms. The van der Waals surface area contributed by atoms with Gasteiger partial charge in [0.1, 0.15) is 5.75 Å². The minimum absolute atomic E-state index is 0.306. The van der Waals surface area contributed by atoms with Crippen molar-refractivity contribution in [1.82, 2.24) is 15.0 Å². The molecule has 2 aromatic carbocycles. The third-order valence-corrected chi connectivity index (χ3v) is 5.79. The Morgan fingerprint density at radius 2 is 1.81 bits per heavy atom. The van der Waals surface area contributed by atoms with Crippen LogP contribution < -0.4 is 4.74 Å². The van der Waals surface area contributed by atoms with Crippen LogP contribution in [0.3, 0.4) is 0 Å². The maximum absolute atomic E-state index is 5.74. The van der Waals surface area contributed by atoms with Gasteiger partial charge in [-0.1, -0.05) is 53.7 Å². The Morgan fingerprint density at radius 1 is 1.04 bits per heavy atom. The van der Waals surface area contributed by atoms with Gasteiger partial charge in [-0.25, -0.2) is 0 Å². The van der Waals surface area contributed by atoms with Gasteiger partial charge in [-0.15, -0.1) is 0 Å². The van der Waals surface area contributed by atoms with Crippen LogP contribution in [0.15, 0.2) is 65.2 Å². The molecule has 2 saturated heterocycles. The van der Waals surface area contributed by atoms with Crippen molar-refractivity contribution in [3.05, 3.63) is 77.9 Å². The molecule has 0 unspecified atom stereocenters. The molecule has 138 valence electrons. The van der Waals surface area contributed by atoms with E-state index < -0.39 is 0 Å². The molecule has 2 aliphatic heterocycles. The van der Waals surface area contributed by atoms with E-state index in [9.17, 15) is 0 Å². The van der Waals surface area contributed by atoms with Crippen LogP contribution in [0.2, 0.25) is 0 Å². The van der Waals surface area contributed by atoms with Gasteiger partial charge in [0.25, 0.3) is 5.89 Å². The van der Waals surface area contributed by atoms with Gasteiger partial charge in [0, 0.05) is 18.0 Å². The Labute approximate surface area is 159 Å². The average molecular weight is 361 g/mol. The third kappa shape index (κ3) is 3.23. The van der Waals surface area contributed by atoms with E-state index in [4.69, 9.17) is 9.26 Å². The molecule has 0 bridgehead atoms. The van der Waals surface area contributed by atoms with E-state index >= 15 is 0 Å². The van der Waals surface area contributed by atoms with Crippen molar-refractivity contribution in [1.29, 1.82) is 0 Å². The van der Waals surface area contributed by atoms with Gasteiger partial charge >= 0.3 is 0 Å². The lowest BCUT2D eigenvalue weighted by Gasteiger charge is -2.24. The van der Waals surface area contributed by atoms with Crippen LogP contribution in [-0.4, -0.2) is 27.6 Å². The molecule has 0 radical (unpaired) electrons. The van der Waals surface area contributed by atoms with Gasteiger partial charge in [0.2, 0.25) is 0 Å². The number of aromatic nitrogens is 2. The Balaban J connectivity index is 1.32. The molecule has 0 amide bonds. The summed E-state index contributed by atoms with van der Waals surface area (Å²) in [7, 11) is 0. The smallest absolute Gasteiger partial charge is 0.264 e. The molecule has 0 saturated carbocycles. The predicted molar refractivity (Wildman–Crippen MR) is 101 cm³/mol. The maximum Gasteiger partial charge on any atom is 0.264 e. The van der Waals surface area contributed by atoms with Crippen LogP contribution in [0.1, 0.15) is 48.5 Å². The van der Waals surface area contributed by atoms with Gasteiger partial charge in [0.05, 0.1) is 0 Å². The number of para-hydroxylation sites is 1. The van der Waals surface area contributed by atoms with E-state index in [-0.39, 0.29) is 0 Å². The minimum Gasteiger partial charge on any atom is -0.484 e. The molecular weight excluding hydrogens is 338 g/mol. The first-order valence-electron chi connectivity index (χ1n) is 9.69. The fourth-order valence-corrected chi connectivity index (χ4v) is 4.59. The van der Waals surface area contributed by atoms with E-state index in [1.807, 2.05) is 30.3 Å². The standard InChI is InChI=1S/C22H23N3O2/c1-3-8-16(9-4-1)20-14-18(19-12-7-13-25(19)20)22-23-21(27-24-22)15-26-17-10-5-2-6-11-17/h1-6,8-11,18-20H,7,12-15H2/t18-,19+,20-/m1/s1. The van der Waals surface area contributed by atoms with Crippen LogP contribution in [0.5, 0.6) is 5.75 Å². The third-order valence-electron chi connectivity index (χ3n) is 5.79. The Bertz CT molecular complexity index is 881. The second-order valence-electron chi connectivity index (χ2n) is 7.36. The number of fused-ring (bicyclic) bond motifs is 1. The first-order chi connectivity index (χ1) is 13.4. The van der Waals surface area contributed by atoms with E-state index in [2.05, 4.69) is 45.4 Å². The van der Waals surface area contributed by atoms with Crippen molar-refractivity contribution in [2.24, 2.45) is 0 Å². The van der Waals surface area contributed by atoms with Crippen LogP contribution in [0.25, 0.3) is 0 Å². The number of ether oxygens (including phenoxy) is 1. The second kappa shape index (κ2) is 7.16. The highest BCUT2D eigenvalue weighted by molar-refractivity contribution is 5.24. The summed E-state index contributed by atoms with van der Waals surface area (Å²) in [4.78, 5) is 7.30. The highest BCUT2D eigenvalue weighted by atomic mass is 16.5. The fraction of sp³-hybridized carbons (Fsp3) is 0.364. The van der Waals surface area contributed by atoms with Gasteiger partial charge in [-0.05, 0) is 43.5 Å². The molecule has 0 N–H and O–H groups in total. The molecule has 5 heteroatoms. The quantitative estimate of drug-likeness (QED) is 0.676.